The first-order valence-electron chi connectivity index (χ1n) is 9.78. The summed E-state index contributed by atoms with van der Waals surface area (Å²) in [6.07, 6.45) is 1.81. The summed E-state index contributed by atoms with van der Waals surface area (Å²) >= 11 is 12.6. The summed E-state index contributed by atoms with van der Waals surface area (Å²) in [6.45, 7) is 5.44. The van der Waals surface area contributed by atoms with E-state index in [4.69, 9.17) is 23.2 Å². The number of sulfonamides is 1. The molecule has 1 saturated heterocycles. The number of piperidine rings is 1. The van der Waals surface area contributed by atoms with E-state index < -0.39 is 10.0 Å². The molecule has 0 bridgehead atoms. The van der Waals surface area contributed by atoms with Crippen molar-refractivity contribution in [2.24, 2.45) is 5.92 Å². The van der Waals surface area contributed by atoms with Crippen LogP contribution in [0.25, 0.3) is 0 Å². The quantitative estimate of drug-likeness (QED) is 0.590. The summed E-state index contributed by atoms with van der Waals surface area (Å²) < 4.78 is 28.5. The number of anilines is 1. The van der Waals surface area contributed by atoms with E-state index in [2.05, 4.69) is 15.4 Å². The van der Waals surface area contributed by atoms with Gasteiger partial charge in [0.15, 0.2) is 0 Å². The maximum Gasteiger partial charge on any atom is 0.255 e. The highest BCUT2D eigenvalue weighted by Gasteiger charge is 2.28. The first kappa shape index (κ1) is 23.0. The largest absolute Gasteiger partial charge is 0.321 e. The van der Waals surface area contributed by atoms with Crippen LogP contribution < -0.4 is 15.4 Å². The minimum absolute atomic E-state index is 0.0176. The maximum atomic E-state index is 12.9. The van der Waals surface area contributed by atoms with Crippen molar-refractivity contribution in [2.45, 2.75) is 37.6 Å². The molecule has 30 heavy (non-hydrogen) atoms. The molecule has 0 aliphatic carbocycles. The summed E-state index contributed by atoms with van der Waals surface area (Å²) in [5.41, 5.74) is 1.56. The topological polar surface area (TPSA) is 87.3 Å². The molecular formula is C21H25Cl2N3O3S. The monoisotopic (exact) mass is 469 g/mol. The van der Waals surface area contributed by atoms with Gasteiger partial charge in [-0.3, -0.25) is 4.79 Å². The number of rotatable bonds is 6. The second kappa shape index (κ2) is 9.66. The van der Waals surface area contributed by atoms with Gasteiger partial charge in [0.2, 0.25) is 10.0 Å². The molecule has 0 spiro atoms. The SMILES string of the molecule is Cc1ccccc1C(=O)Nc1ccc(S(=O)(=O)NC(C)C2CCNCC2)c(Cl)c1Cl. The molecule has 0 aromatic heterocycles. The van der Waals surface area contributed by atoms with Crippen LogP contribution >= 0.6 is 23.2 Å². The zero-order valence-corrected chi connectivity index (χ0v) is 19.2. The van der Waals surface area contributed by atoms with E-state index in [1.807, 2.05) is 26.0 Å². The van der Waals surface area contributed by atoms with E-state index >= 15 is 0 Å². The Morgan fingerprint density at radius 2 is 1.77 bits per heavy atom. The van der Waals surface area contributed by atoms with Crippen LogP contribution in [0.1, 0.15) is 35.7 Å². The Morgan fingerprint density at radius 3 is 2.43 bits per heavy atom. The van der Waals surface area contributed by atoms with Crippen molar-refractivity contribution in [2.75, 3.05) is 18.4 Å². The molecule has 6 nitrogen and oxygen atoms in total. The predicted molar refractivity (Wildman–Crippen MR) is 121 cm³/mol. The Balaban J connectivity index is 1.79. The van der Waals surface area contributed by atoms with Crippen LogP contribution in [0.2, 0.25) is 10.0 Å². The molecular weight excluding hydrogens is 445 g/mol. The smallest absolute Gasteiger partial charge is 0.255 e. The lowest BCUT2D eigenvalue weighted by atomic mass is 9.92. The maximum absolute atomic E-state index is 12.9. The third-order valence-electron chi connectivity index (χ3n) is 5.41. The lowest BCUT2D eigenvalue weighted by molar-refractivity contribution is 0.102. The molecule has 9 heteroatoms. The van der Waals surface area contributed by atoms with Crippen LogP contribution in [0.15, 0.2) is 41.3 Å². The van der Waals surface area contributed by atoms with Crippen molar-refractivity contribution >= 4 is 44.8 Å². The number of benzene rings is 2. The van der Waals surface area contributed by atoms with Gasteiger partial charge in [-0.15, -0.1) is 0 Å². The van der Waals surface area contributed by atoms with Crippen LogP contribution in [0.5, 0.6) is 0 Å². The van der Waals surface area contributed by atoms with Crippen molar-refractivity contribution in [1.82, 2.24) is 10.0 Å². The van der Waals surface area contributed by atoms with Gasteiger partial charge < -0.3 is 10.6 Å². The van der Waals surface area contributed by atoms with Gasteiger partial charge in [0.25, 0.3) is 5.91 Å². The van der Waals surface area contributed by atoms with Crippen molar-refractivity contribution in [3.05, 3.63) is 57.6 Å². The van der Waals surface area contributed by atoms with Gasteiger partial charge in [0, 0.05) is 11.6 Å². The zero-order chi connectivity index (χ0) is 21.9. The predicted octanol–water partition coefficient (Wildman–Crippen LogP) is 4.22. The summed E-state index contributed by atoms with van der Waals surface area (Å²) in [6, 6.07) is 9.72. The number of amides is 1. The highest BCUT2D eigenvalue weighted by atomic mass is 35.5. The van der Waals surface area contributed by atoms with Gasteiger partial charge in [-0.05, 0) is 69.5 Å². The Morgan fingerprint density at radius 1 is 1.10 bits per heavy atom. The average Bonchev–Trinajstić information content (AvgIpc) is 2.72. The zero-order valence-electron chi connectivity index (χ0n) is 16.8. The van der Waals surface area contributed by atoms with E-state index in [9.17, 15) is 13.2 Å². The Bertz CT molecular complexity index is 1040. The second-order valence-electron chi connectivity index (χ2n) is 7.51. The van der Waals surface area contributed by atoms with Crippen molar-refractivity contribution in [3.63, 3.8) is 0 Å². The van der Waals surface area contributed by atoms with E-state index in [1.54, 1.807) is 12.1 Å². The Kier molecular flexibility index (Phi) is 7.42. The van der Waals surface area contributed by atoms with Crippen LogP contribution in [0.4, 0.5) is 5.69 Å². The highest BCUT2D eigenvalue weighted by Crippen LogP contribution is 2.36. The number of halogens is 2. The number of nitrogens with one attached hydrogen (secondary N) is 3. The number of carbonyl (C=O) groups excluding carboxylic acids is 1. The van der Waals surface area contributed by atoms with Gasteiger partial charge in [-0.2, -0.15) is 0 Å². The molecule has 1 fully saturated rings. The fourth-order valence-electron chi connectivity index (χ4n) is 3.60. The molecule has 1 aliphatic heterocycles. The third kappa shape index (κ3) is 5.15. The molecule has 1 unspecified atom stereocenters. The first-order valence-corrected chi connectivity index (χ1v) is 12.0. The molecule has 0 saturated carbocycles. The first-order chi connectivity index (χ1) is 14.2. The van der Waals surface area contributed by atoms with Crippen molar-refractivity contribution in [3.8, 4) is 0 Å². The molecule has 162 valence electrons. The molecule has 1 amide bonds. The third-order valence-corrected chi connectivity index (χ3v) is 8.00. The minimum Gasteiger partial charge on any atom is -0.321 e. The molecule has 1 atom stereocenters. The molecule has 3 N–H and O–H groups in total. The second-order valence-corrected chi connectivity index (χ2v) is 9.94. The molecule has 0 radical (unpaired) electrons. The lowest BCUT2D eigenvalue weighted by Crippen LogP contribution is -2.42. The molecule has 3 rings (SSSR count). The number of aryl methyl sites for hydroxylation is 1. The van der Waals surface area contributed by atoms with E-state index in [0.717, 1.165) is 31.5 Å². The fourth-order valence-corrected chi connectivity index (χ4v) is 5.73. The van der Waals surface area contributed by atoms with Crippen molar-refractivity contribution < 1.29 is 13.2 Å². The molecule has 2 aromatic carbocycles. The van der Waals surface area contributed by atoms with E-state index in [1.165, 1.54) is 12.1 Å². The summed E-state index contributed by atoms with van der Waals surface area (Å²) in [4.78, 5) is 12.4. The fraction of sp³-hybridized carbons (Fsp3) is 0.381. The van der Waals surface area contributed by atoms with Gasteiger partial charge in [0.05, 0.1) is 15.7 Å². The van der Waals surface area contributed by atoms with Crippen molar-refractivity contribution in [1.29, 1.82) is 0 Å². The Labute approximate surface area is 187 Å². The highest BCUT2D eigenvalue weighted by molar-refractivity contribution is 7.89. The van der Waals surface area contributed by atoms with E-state index in [0.29, 0.717) is 5.56 Å². The minimum atomic E-state index is -3.87. The van der Waals surface area contributed by atoms with Crippen LogP contribution in [0.3, 0.4) is 0 Å². The molecule has 1 aliphatic rings. The van der Waals surface area contributed by atoms with Gasteiger partial charge in [0.1, 0.15) is 4.90 Å². The Hall–Kier alpha value is -1.64. The summed E-state index contributed by atoms with van der Waals surface area (Å²) in [7, 11) is -3.87. The van der Waals surface area contributed by atoms with E-state index in [-0.39, 0.29) is 38.5 Å². The molecule has 2 aromatic rings. The standard InChI is InChI=1S/C21H25Cl2N3O3S/c1-13-5-3-4-6-16(13)21(27)25-17-7-8-18(20(23)19(17)22)30(28,29)26-14(2)15-9-11-24-12-10-15/h3-8,14-15,24,26H,9-12H2,1-2H3,(H,25,27). The van der Waals surface area contributed by atoms with Crippen LogP contribution in [-0.4, -0.2) is 33.5 Å². The number of carbonyl (C=O) groups is 1. The number of hydrogen-bond acceptors (Lipinski definition) is 4. The normalized spacial score (nSPS) is 16.3. The molecule has 1 heterocycles. The average molecular weight is 470 g/mol. The van der Waals surface area contributed by atoms with Gasteiger partial charge in [-0.1, -0.05) is 41.4 Å². The van der Waals surface area contributed by atoms with Gasteiger partial charge >= 0.3 is 0 Å². The summed E-state index contributed by atoms with van der Waals surface area (Å²) in [5, 5.41) is 5.83. The van der Waals surface area contributed by atoms with Crippen LogP contribution in [-0.2, 0) is 10.0 Å². The summed E-state index contributed by atoms with van der Waals surface area (Å²) in [5.74, 6) is -0.0951. The lowest BCUT2D eigenvalue weighted by Gasteiger charge is -2.28. The van der Waals surface area contributed by atoms with Crippen LogP contribution in [0, 0.1) is 12.8 Å². The van der Waals surface area contributed by atoms with Gasteiger partial charge in [-0.25, -0.2) is 13.1 Å². The number of hydrogen-bond donors (Lipinski definition) is 3.